The molecule has 0 fully saturated rings. The molecule has 0 nitrogen and oxygen atoms in total. The fourth-order valence-electron chi connectivity index (χ4n) is 0.793. The molecule has 0 amide bonds. The number of rotatable bonds is 5. The van der Waals surface area contributed by atoms with Crippen LogP contribution in [0.1, 0.15) is 13.8 Å². The monoisotopic (exact) mass is 194 g/mol. The molecule has 12 heavy (non-hydrogen) atoms. The molecule has 0 aliphatic rings. The van der Waals surface area contributed by atoms with Gasteiger partial charge in [-0.15, -0.1) is 18.9 Å². The molecule has 2 heteroatoms. The predicted molar refractivity (Wildman–Crippen MR) is 64.7 cm³/mol. The third kappa shape index (κ3) is 6.13. The van der Waals surface area contributed by atoms with E-state index >= 15 is 0 Å². The summed E-state index contributed by atoms with van der Waals surface area (Å²) >= 11 is 0. The van der Waals surface area contributed by atoms with Crippen molar-refractivity contribution >= 4 is 18.3 Å². The van der Waals surface area contributed by atoms with Crippen LogP contribution in [0.25, 0.3) is 0 Å². The molecular formula is C10H18Si2. The predicted octanol–water partition coefficient (Wildman–Crippen LogP) is 1.81. The van der Waals surface area contributed by atoms with Gasteiger partial charge >= 0.3 is 0 Å². The van der Waals surface area contributed by atoms with Crippen LogP contribution >= 0.6 is 0 Å². The summed E-state index contributed by atoms with van der Waals surface area (Å²) in [5.41, 5.74) is 12.5. The van der Waals surface area contributed by atoms with E-state index in [2.05, 4.69) is 44.1 Å². The maximum Gasteiger partial charge on any atom is 0.107 e. The van der Waals surface area contributed by atoms with Gasteiger partial charge in [0.05, 0.1) is 9.52 Å². The third-order valence-electron chi connectivity index (χ3n) is 1.56. The minimum atomic E-state index is -0.902. The average Bonchev–Trinajstić information content (AvgIpc) is 2.04. The Kier molecular flexibility index (Phi) is 6.71. The van der Waals surface area contributed by atoms with Crippen molar-refractivity contribution in [3.8, 4) is 0 Å². The van der Waals surface area contributed by atoms with Gasteiger partial charge in [0.2, 0.25) is 0 Å². The lowest BCUT2D eigenvalue weighted by molar-refractivity contribution is 1.41. The first kappa shape index (κ1) is 11.4. The minimum Gasteiger partial charge on any atom is -0.107 e. The molecule has 0 spiro atoms. The van der Waals surface area contributed by atoms with Crippen molar-refractivity contribution in [1.82, 2.24) is 0 Å². The SMILES string of the molecule is C=C[SiH](C=C)C=C[SiH2]C=C(C)C. The Labute approximate surface area is 79.8 Å². The van der Waals surface area contributed by atoms with Crippen molar-refractivity contribution in [2.24, 2.45) is 0 Å². The quantitative estimate of drug-likeness (QED) is 0.586. The van der Waals surface area contributed by atoms with Crippen molar-refractivity contribution in [3.63, 3.8) is 0 Å². The van der Waals surface area contributed by atoms with E-state index in [1.54, 1.807) is 0 Å². The van der Waals surface area contributed by atoms with E-state index in [0.29, 0.717) is 0 Å². The standard InChI is InChI=1S/C10H18Si2/c1-5-12(6-2)8-7-11-9-10(3)4/h5-9,12H,1-2,11H2,3-4H3. The van der Waals surface area contributed by atoms with Crippen LogP contribution in [0.2, 0.25) is 0 Å². The van der Waals surface area contributed by atoms with E-state index in [1.807, 2.05) is 11.4 Å². The normalized spacial score (nSPS) is 11.2. The molecule has 0 rings (SSSR count). The molecule has 66 valence electrons. The van der Waals surface area contributed by atoms with Gasteiger partial charge in [0.15, 0.2) is 0 Å². The zero-order chi connectivity index (χ0) is 9.40. The zero-order valence-corrected chi connectivity index (χ0v) is 10.7. The molecule has 0 aliphatic heterocycles. The van der Waals surface area contributed by atoms with Crippen LogP contribution < -0.4 is 0 Å². The Hall–Kier alpha value is -0.606. The highest BCUT2D eigenvalue weighted by Crippen LogP contribution is 1.89. The summed E-state index contributed by atoms with van der Waals surface area (Å²) < 4.78 is 0. The molecule has 0 aromatic heterocycles. The highest BCUT2D eigenvalue weighted by Gasteiger charge is 1.90. The fraction of sp³-hybridized carbons (Fsp3) is 0.200. The van der Waals surface area contributed by atoms with Crippen molar-refractivity contribution in [3.05, 3.63) is 47.2 Å². The maximum absolute atomic E-state index is 3.78. The Bertz CT molecular complexity index is 190. The number of allylic oxidation sites excluding steroid dienone is 1. The highest BCUT2D eigenvalue weighted by molar-refractivity contribution is 6.75. The van der Waals surface area contributed by atoms with Crippen LogP contribution in [0.3, 0.4) is 0 Å². The highest BCUT2D eigenvalue weighted by atomic mass is 28.3. The van der Waals surface area contributed by atoms with E-state index in [9.17, 15) is 0 Å². The van der Waals surface area contributed by atoms with Crippen molar-refractivity contribution in [2.45, 2.75) is 13.8 Å². The Morgan fingerprint density at radius 1 is 1.25 bits per heavy atom. The fourth-order valence-corrected chi connectivity index (χ4v) is 3.79. The molecule has 0 aromatic carbocycles. The van der Waals surface area contributed by atoms with Crippen LogP contribution in [-0.4, -0.2) is 18.3 Å². The summed E-state index contributed by atoms with van der Waals surface area (Å²) in [6.07, 6.45) is 0. The summed E-state index contributed by atoms with van der Waals surface area (Å²) in [5.74, 6) is 0. The van der Waals surface area contributed by atoms with Gasteiger partial charge in [-0.2, -0.15) is 0 Å². The molecule has 0 N–H and O–H groups in total. The van der Waals surface area contributed by atoms with Crippen LogP contribution in [0.15, 0.2) is 47.2 Å². The van der Waals surface area contributed by atoms with Crippen molar-refractivity contribution < 1.29 is 0 Å². The molecule has 0 unspecified atom stereocenters. The summed E-state index contributed by atoms with van der Waals surface area (Å²) in [6.45, 7) is 11.9. The largest absolute Gasteiger partial charge is 0.107 e. The Morgan fingerprint density at radius 2 is 1.83 bits per heavy atom. The second-order valence-electron chi connectivity index (χ2n) is 2.99. The Balaban J connectivity index is 3.82. The van der Waals surface area contributed by atoms with Crippen molar-refractivity contribution in [1.29, 1.82) is 0 Å². The second kappa shape index (κ2) is 7.07. The maximum atomic E-state index is 3.78. The van der Waals surface area contributed by atoms with Crippen LogP contribution in [-0.2, 0) is 0 Å². The van der Waals surface area contributed by atoms with Crippen LogP contribution in [0, 0.1) is 0 Å². The van der Waals surface area contributed by atoms with Gasteiger partial charge in [0.1, 0.15) is 8.80 Å². The first-order valence-electron chi connectivity index (χ1n) is 4.26. The van der Waals surface area contributed by atoms with Gasteiger partial charge in [-0.05, 0) is 13.8 Å². The molecular weight excluding hydrogens is 176 g/mol. The topological polar surface area (TPSA) is 0 Å². The molecule has 0 atom stereocenters. The van der Waals surface area contributed by atoms with Crippen LogP contribution in [0.4, 0.5) is 0 Å². The second-order valence-corrected chi connectivity index (χ2v) is 6.83. The smallest absolute Gasteiger partial charge is 0.107 e. The van der Waals surface area contributed by atoms with Gasteiger partial charge in [-0.25, -0.2) is 0 Å². The summed E-state index contributed by atoms with van der Waals surface area (Å²) in [6, 6.07) is 0. The molecule has 0 aliphatic carbocycles. The van der Waals surface area contributed by atoms with E-state index in [1.165, 1.54) is 5.57 Å². The van der Waals surface area contributed by atoms with Gasteiger partial charge in [-0.1, -0.05) is 28.4 Å². The van der Waals surface area contributed by atoms with Gasteiger partial charge < -0.3 is 0 Å². The minimum absolute atomic E-state index is 0.101. The zero-order valence-electron chi connectivity index (χ0n) is 8.09. The van der Waals surface area contributed by atoms with Gasteiger partial charge in [-0.3, -0.25) is 0 Å². The van der Waals surface area contributed by atoms with Gasteiger partial charge in [0, 0.05) is 0 Å². The molecule has 0 saturated carbocycles. The van der Waals surface area contributed by atoms with E-state index < -0.39 is 8.80 Å². The molecule has 0 saturated heterocycles. The molecule has 0 bridgehead atoms. The molecule has 0 heterocycles. The molecule has 0 radical (unpaired) electrons. The van der Waals surface area contributed by atoms with E-state index in [-0.39, 0.29) is 9.52 Å². The molecule has 0 aromatic rings. The van der Waals surface area contributed by atoms with Crippen LogP contribution in [0.5, 0.6) is 0 Å². The summed E-state index contributed by atoms with van der Waals surface area (Å²) in [7, 11) is -1.00. The Morgan fingerprint density at radius 3 is 2.25 bits per heavy atom. The first-order valence-corrected chi connectivity index (χ1v) is 7.89. The average molecular weight is 194 g/mol. The van der Waals surface area contributed by atoms with Gasteiger partial charge in [0.25, 0.3) is 0 Å². The summed E-state index contributed by atoms with van der Waals surface area (Å²) in [4.78, 5) is 0. The number of hydrogen-bond donors (Lipinski definition) is 0. The number of hydrogen-bond acceptors (Lipinski definition) is 0. The lowest BCUT2D eigenvalue weighted by Crippen LogP contribution is -2.00. The third-order valence-corrected chi connectivity index (χ3v) is 5.51. The van der Waals surface area contributed by atoms with Crippen molar-refractivity contribution in [2.75, 3.05) is 0 Å². The lowest BCUT2D eigenvalue weighted by atomic mass is 10.4. The summed E-state index contributed by atoms with van der Waals surface area (Å²) in [5, 5.41) is 0. The van der Waals surface area contributed by atoms with E-state index in [4.69, 9.17) is 0 Å². The lowest BCUT2D eigenvalue weighted by Gasteiger charge is -1.93. The first-order chi connectivity index (χ1) is 5.70. The van der Waals surface area contributed by atoms with E-state index in [0.717, 1.165) is 0 Å².